The van der Waals surface area contributed by atoms with E-state index in [0.29, 0.717) is 11.5 Å². The third-order valence-electron chi connectivity index (χ3n) is 5.64. The molecule has 1 aliphatic carbocycles. The maximum Gasteiger partial charge on any atom is 0.410 e. The second-order valence-corrected chi connectivity index (χ2v) is 9.07. The van der Waals surface area contributed by atoms with Crippen molar-refractivity contribution < 1.29 is 19.1 Å². The molecule has 7 heteroatoms. The summed E-state index contributed by atoms with van der Waals surface area (Å²) < 4.78 is 10.5. The first-order valence-corrected chi connectivity index (χ1v) is 10.6. The SMILES string of the molecule is COC(=O)c1ccc(N2CCC[C@@H](N(CC3CCC3)C(=O)OC(C)(C)C)C2)nc1. The topological polar surface area (TPSA) is 72.0 Å². The van der Waals surface area contributed by atoms with Gasteiger partial charge >= 0.3 is 12.1 Å². The van der Waals surface area contributed by atoms with Crippen molar-refractivity contribution in [1.82, 2.24) is 9.88 Å². The van der Waals surface area contributed by atoms with Crippen molar-refractivity contribution >= 4 is 17.9 Å². The molecular formula is C22H33N3O4. The minimum atomic E-state index is -0.505. The number of pyridine rings is 1. The predicted octanol–water partition coefficient (Wildman–Crippen LogP) is 3.87. The highest BCUT2D eigenvalue weighted by atomic mass is 16.6. The third-order valence-corrected chi connectivity index (χ3v) is 5.64. The molecule has 0 spiro atoms. The van der Waals surface area contributed by atoms with E-state index in [0.717, 1.165) is 38.3 Å². The first kappa shape index (κ1) is 21.4. The second kappa shape index (κ2) is 9.01. The highest BCUT2D eigenvalue weighted by Crippen LogP contribution is 2.30. The lowest BCUT2D eigenvalue weighted by Gasteiger charge is -2.42. The van der Waals surface area contributed by atoms with Crippen molar-refractivity contribution in [3.63, 3.8) is 0 Å². The van der Waals surface area contributed by atoms with Gasteiger partial charge in [-0.15, -0.1) is 0 Å². The Kier molecular flexibility index (Phi) is 6.65. The molecule has 2 heterocycles. The minimum Gasteiger partial charge on any atom is -0.465 e. The van der Waals surface area contributed by atoms with Crippen molar-refractivity contribution in [3.8, 4) is 0 Å². The van der Waals surface area contributed by atoms with E-state index in [4.69, 9.17) is 9.47 Å². The summed E-state index contributed by atoms with van der Waals surface area (Å²) in [6, 6.07) is 3.68. The van der Waals surface area contributed by atoms with Gasteiger partial charge in [-0.3, -0.25) is 0 Å². The number of carbonyl (C=O) groups excluding carboxylic acids is 2. The van der Waals surface area contributed by atoms with E-state index in [1.54, 1.807) is 12.3 Å². The first-order valence-electron chi connectivity index (χ1n) is 10.6. The molecule has 1 aliphatic heterocycles. The van der Waals surface area contributed by atoms with Crippen molar-refractivity contribution in [3.05, 3.63) is 23.9 Å². The zero-order valence-electron chi connectivity index (χ0n) is 18.0. The molecule has 0 bridgehead atoms. The molecule has 0 aromatic carbocycles. The Morgan fingerprint density at radius 2 is 1.97 bits per heavy atom. The normalized spacial score (nSPS) is 20.0. The molecule has 1 aromatic rings. The number of ether oxygens (including phenoxy) is 2. The number of hydrogen-bond acceptors (Lipinski definition) is 6. The highest BCUT2D eigenvalue weighted by Gasteiger charge is 2.34. The molecule has 1 saturated heterocycles. The second-order valence-electron chi connectivity index (χ2n) is 9.07. The van der Waals surface area contributed by atoms with Crippen molar-refractivity contribution in [1.29, 1.82) is 0 Å². The summed E-state index contributed by atoms with van der Waals surface area (Å²) in [5, 5.41) is 0. The van der Waals surface area contributed by atoms with Gasteiger partial charge in [0.25, 0.3) is 0 Å². The number of rotatable bonds is 5. The maximum absolute atomic E-state index is 12.9. The fourth-order valence-electron chi connectivity index (χ4n) is 3.88. The Labute approximate surface area is 173 Å². The molecule has 1 saturated carbocycles. The van der Waals surface area contributed by atoms with Gasteiger partial charge in [0, 0.05) is 25.8 Å². The molecule has 1 atom stereocenters. The largest absolute Gasteiger partial charge is 0.465 e. The molecule has 7 nitrogen and oxygen atoms in total. The van der Waals surface area contributed by atoms with Gasteiger partial charge in [-0.1, -0.05) is 6.42 Å². The van der Waals surface area contributed by atoms with Gasteiger partial charge in [-0.25, -0.2) is 14.6 Å². The van der Waals surface area contributed by atoms with Gasteiger partial charge in [0.05, 0.1) is 18.7 Å². The van der Waals surface area contributed by atoms with Crippen LogP contribution in [-0.2, 0) is 9.47 Å². The lowest BCUT2D eigenvalue weighted by Crippen LogP contribution is -2.53. The van der Waals surface area contributed by atoms with Crippen LogP contribution in [0.1, 0.15) is 63.2 Å². The van der Waals surface area contributed by atoms with Crippen LogP contribution < -0.4 is 4.90 Å². The lowest BCUT2D eigenvalue weighted by atomic mass is 9.84. The van der Waals surface area contributed by atoms with Crippen molar-refractivity contribution in [2.24, 2.45) is 5.92 Å². The predicted molar refractivity (Wildman–Crippen MR) is 111 cm³/mol. The van der Waals surface area contributed by atoms with E-state index in [1.165, 1.54) is 26.4 Å². The summed E-state index contributed by atoms with van der Waals surface area (Å²) in [5.41, 5.74) is -0.0700. The summed E-state index contributed by atoms with van der Waals surface area (Å²) in [6.45, 7) is 8.09. The minimum absolute atomic E-state index is 0.0984. The number of nitrogens with zero attached hydrogens (tertiary/aromatic N) is 3. The van der Waals surface area contributed by atoms with Crippen molar-refractivity contribution in [2.75, 3.05) is 31.6 Å². The van der Waals surface area contributed by atoms with Gasteiger partial charge in [-0.05, 0) is 64.5 Å². The molecule has 2 fully saturated rings. The molecule has 29 heavy (non-hydrogen) atoms. The Balaban J connectivity index is 1.71. The molecular weight excluding hydrogens is 370 g/mol. The van der Waals surface area contributed by atoms with Gasteiger partial charge < -0.3 is 19.3 Å². The van der Waals surface area contributed by atoms with Crippen molar-refractivity contribution in [2.45, 2.75) is 64.5 Å². The van der Waals surface area contributed by atoms with E-state index < -0.39 is 11.6 Å². The van der Waals surface area contributed by atoms with Crippen LogP contribution in [0.15, 0.2) is 18.3 Å². The summed E-state index contributed by atoms with van der Waals surface area (Å²) in [7, 11) is 1.36. The van der Waals surface area contributed by atoms with Gasteiger partial charge in [0.1, 0.15) is 11.4 Å². The van der Waals surface area contributed by atoms with Gasteiger partial charge in [0.15, 0.2) is 0 Å². The molecule has 1 aromatic heterocycles. The fourth-order valence-corrected chi connectivity index (χ4v) is 3.88. The Morgan fingerprint density at radius 1 is 1.21 bits per heavy atom. The third kappa shape index (κ3) is 5.61. The number of piperidine rings is 1. The first-order chi connectivity index (χ1) is 13.8. The van der Waals surface area contributed by atoms with Crippen LogP contribution in [0.2, 0.25) is 0 Å². The monoisotopic (exact) mass is 403 g/mol. The van der Waals surface area contributed by atoms with Crippen LogP contribution in [0, 0.1) is 5.92 Å². The van der Waals surface area contributed by atoms with E-state index in [1.807, 2.05) is 31.7 Å². The number of esters is 1. The lowest BCUT2D eigenvalue weighted by molar-refractivity contribution is 0.00732. The van der Waals surface area contributed by atoms with E-state index in [-0.39, 0.29) is 12.1 Å². The standard InChI is InChI=1S/C22H33N3O4/c1-22(2,3)29-21(27)25(14-16-7-5-8-16)18-9-6-12-24(15-18)19-11-10-17(13-23-19)20(26)28-4/h10-11,13,16,18H,5-9,12,14-15H2,1-4H3/t18-/m1/s1. The molecule has 2 aliphatic rings. The number of amides is 1. The van der Waals surface area contributed by atoms with Crippen LogP contribution in [0.25, 0.3) is 0 Å². The summed E-state index contributed by atoms with van der Waals surface area (Å²) in [4.78, 5) is 33.2. The van der Waals surface area contributed by atoms with Crippen LogP contribution >= 0.6 is 0 Å². The van der Waals surface area contributed by atoms with Crippen LogP contribution in [0.3, 0.4) is 0 Å². The zero-order valence-corrected chi connectivity index (χ0v) is 18.0. The van der Waals surface area contributed by atoms with Gasteiger partial charge in [-0.2, -0.15) is 0 Å². The Bertz CT molecular complexity index is 710. The Hall–Kier alpha value is -2.31. The number of anilines is 1. The Morgan fingerprint density at radius 3 is 2.52 bits per heavy atom. The molecule has 0 unspecified atom stereocenters. The quantitative estimate of drug-likeness (QED) is 0.695. The molecule has 0 radical (unpaired) electrons. The van der Waals surface area contributed by atoms with Gasteiger partial charge in [0.2, 0.25) is 0 Å². The number of carbonyl (C=O) groups is 2. The molecule has 1 amide bonds. The van der Waals surface area contributed by atoms with Crippen LogP contribution in [0.5, 0.6) is 0 Å². The number of hydrogen-bond donors (Lipinski definition) is 0. The number of aromatic nitrogens is 1. The zero-order chi connectivity index (χ0) is 21.0. The molecule has 3 rings (SSSR count). The fraction of sp³-hybridized carbons (Fsp3) is 0.682. The van der Waals surface area contributed by atoms with E-state index >= 15 is 0 Å². The summed E-state index contributed by atoms with van der Waals surface area (Å²) >= 11 is 0. The summed E-state index contributed by atoms with van der Waals surface area (Å²) in [6.07, 6.45) is 6.89. The van der Waals surface area contributed by atoms with E-state index in [2.05, 4.69) is 9.88 Å². The highest BCUT2D eigenvalue weighted by molar-refractivity contribution is 5.89. The summed E-state index contributed by atoms with van der Waals surface area (Å²) in [5.74, 6) is 1.00. The van der Waals surface area contributed by atoms with E-state index in [9.17, 15) is 9.59 Å². The smallest absolute Gasteiger partial charge is 0.410 e. The molecule has 160 valence electrons. The molecule has 0 N–H and O–H groups in total. The number of methoxy groups -OCH3 is 1. The average Bonchev–Trinajstić information content (AvgIpc) is 2.65. The van der Waals surface area contributed by atoms with Crippen LogP contribution in [0.4, 0.5) is 10.6 Å². The van der Waals surface area contributed by atoms with Crippen LogP contribution in [-0.4, -0.2) is 60.3 Å². The maximum atomic E-state index is 12.9. The average molecular weight is 404 g/mol.